The highest BCUT2D eigenvalue weighted by Crippen LogP contribution is 2.30. The summed E-state index contributed by atoms with van der Waals surface area (Å²) in [5, 5.41) is 9.04. The number of halogens is 1. The number of nitrogens with zero attached hydrogens (tertiary/aromatic N) is 1. The van der Waals surface area contributed by atoms with Crippen LogP contribution in [0.15, 0.2) is 27.1 Å². The molecule has 0 bridgehead atoms. The first kappa shape index (κ1) is 13.6. The van der Waals surface area contributed by atoms with E-state index < -0.39 is 5.97 Å². The van der Waals surface area contributed by atoms with E-state index in [0.717, 1.165) is 10.0 Å². The number of aromatic carboxylic acids is 1. The minimum absolute atomic E-state index is 0.0679. The Labute approximate surface area is 118 Å². The second-order valence-corrected chi connectivity index (χ2v) is 4.71. The minimum atomic E-state index is -1.18. The molecule has 2 aromatic rings. The average molecular weight is 326 g/mol. The third-order valence-electron chi connectivity index (χ3n) is 2.49. The van der Waals surface area contributed by atoms with E-state index in [1.807, 2.05) is 25.1 Å². The van der Waals surface area contributed by atoms with Crippen LogP contribution in [0.25, 0.3) is 11.5 Å². The number of carboxylic acid groups (broad SMARTS) is 1. The highest BCUT2D eigenvalue weighted by Gasteiger charge is 2.21. The molecule has 1 N–H and O–H groups in total. The summed E-state index contributed by atoms with van der Waals surface area (Å²) < 4.78 is 11.4. The smallest absolute Gasteiger partial charge is 0.362 e. The second kappa shape index (κ2) is 5.44. The van der Waals surface area contributed by atoms with Crippen LogP contribution in [0.4, 0.5) is 0 Å². The first-order chi connectivity index (χ1) is 9.02. The summed E-state index contributed by atoms with van der Waals surface area (Å²) in [6.45, 7) is 4.01. The van der Waals surface area contributed by atoms with Crippen molar-refractivity contribution in [2.75, 3.05) is 6.61 Å². The van der Waals surface area contributed by atoms with Crippen LogP contribution in [-0.2, 0) is 0 Å². The number of hydrogen-bond donors (Lipinski definition) is 1. The number of rotatable bonds is 4. The van der Waals surface area contributed by atoms with E-state index in [4.69, 9.17) is 14.3 Å². The number of ether oxygens (including phenoxy) is 1. The van der Waals surface area contributed by atoms with Gasteiger partial charge in [-0.3, -0.25) is 0 Å². The molecule has 0 amide bonds. The molecule has 0 spiro atoms. The molecule has 0 aliphatic heterocycles. The van der Waals surface area contributed by atoms with Crippen LogP contribution in [0.1, 0.15) is 23.0 Å². The van der Waals surface area contributed by atoms with Crippen LogP contribution in [0.2, 0.25) is 0 Å². The van der Waals surface area contributed by atoms with Crippen molar-refractivity contribution >= 4 is 21.9 Å². The Hall–Kier alpha value is -1.82. The number of carbonyl (C=O) groups is 1. The highest BCUT2D eigenvalue weighted by atomic mass is 79.9. The fraction of sp³-hybridized carbons (Fsp3) is 0.231. The summed E-state index contributed by atoms with van der Waals surface area (Å²) in [5.41, 5.74) is 1.54. The lowest BCUT2D eigenvalue weighted by Crippen LogP contribution is -2.01. The van der Waals surface area contributed by atoms with Gasteiger partial charge in [0.1, 0.15) is 0 Å². The van der Waals surface area contributed by atoms with Gasteiger partial charge in [-0.05, 0) is 31.5 Å². The Bertz CT molecular complexity index is 621. The van der Waals surface area contributed by atoms with Crippen molar-refractivity contribution in [3.63, 3.8) is 0 Å². The van der Waals surface area contributed by atoms with Gasteiger partial charge in [0.15, 0.2) is 0 Å². The molecule has 1 aromatic heterocycles. The third kappa shape index (κ3) is 2.78. The monoisotopic (exact) mass is 325 g/mol. The number of aromatic nitrogens is 1. The molecule has 100 valence electrons. The summed E-state index contributed by atoms with van der Waals surface area (Å²) in [7, 11) is 0. The normalized spacial score (nSPS) is 10.5. The SMILES string of the molecule is CCOc1oc(-c2ccc(C)c(Br)c2)nc1C(=O)O. The Kier molecular flexibility index (Phi) is 3.90. The maximum Gasteiger partial charge on any atom is 0.362 e. The van der Waals surface area contributed by atoms with E-state index in [-0.39, 0.29) is 17.5 Å². The van der Waals surface area contributed by atoms with E-state index in [1.54, 1.807) is 6.92 Å². The first-order valence-electron chi connectivity index (χ1n) is 5.66. The molecule has 2 rings (SSSR count). The molecule has 0 aliphatic rings. The van der Waals surface area contributed by atoms with Crippen molar-refractivity contribution in [1.29, 1.82) is 0 Å². The lowest BCUT2D eigenvalue weighted by Gasteiger charge is -2.00. The van der Waals surface area contributed by atoms with Crippen molar-refractivity contribution in [2.45, 2.75) is 13.8 Å². The Morgan fingerprint density at radius 1 is 1.53 bits per heavy atom. The van der Waals surface area contributed by atoms with Crippen LogP contribution >= 0.6 is 15.9 Å². The van der Waals surface area contributed by atoms with E-state index in [2.05, 4.69) is 20.9 Å². The van der Waals surface area contributed by atoms with Gasteiger partial charge in [-0.15, -0.1) is 0 Å². The molecule has 0 fully saturated rings. The second-order valence-electron chi connectivity index (χ2n) is 3.86. The number of carboxylic acids is 1. The molecule has 0 atom stereocenters. The van der Waals surface area contributed by atoms with Crippen molar-refractivity contribution in [3.05, 3.63) is 33.9 Å². The Morgan fingerprint density at radius 2 is 2.26 bits per heavy atom. The molecule has 0 saturated heterocycles. The van der Waals surface area contributed by atoms with E-state index in [9.17, 15) is 4.79 Å². The van der Waals surface area contributed by atoms with E-state index in [1.165, 1.54) is 0 Å². The number of oxazole rings is 1. The molecular weight excluding hydrogens is 314 g/mol. The summed E-state index contributed by atoms with van der Waals surface area (Å²) >= 11 is 3.41. The lowest BCUT2D eigenvalue weighted by molar-refractivity contribution is 0.0683. The Balaban J connectivity index is 2.47. The molecule has 0 radical (unpaired) electrons. The van der Waals surface area contributed by atoms with Gasteiger partial charge in [0, 0.05) is 10.0 Å². The molecule has 0 unspecified atom stereocenters. The number of benzene rings is 1. The molecule has 5 nitrogen and oxygen atoms in total. The molecule has 0 saturated carbocycles. The van der Waals surface area contributed by atoms with Gasteiger partial charge in [0.2, 0.25) is 11.6 Å². The van der Waals surface area contributed by atoms with Crippen LogP contribution in [0, 0.1) is 6.92 Å². The fourth-order valence-corrected chi connectivity index (χ4v) is 1.90. The number of hydrogen-bond acceptors (Lipinski definition) is 4. The van der Waals surface area contributed by atoms with E-state index >= 15 is 0 Å². The van der Waals surface area contributed by atoms with Gasteiger partial charge in [0.25, 0.3) is 0 Å². The largest absolute Gasteiger partial charge is 0.476 e. The molecular formula is C13H12BrNO4. The van der Waals surface area contributed by atoms with Gasteiger partial charge in [0.05, 0.1) is 6.61 Å². The zero-order valence-electron chi connectivity index (χ0n) is 10.4. The maximum absolute atomic E-state index is 11.1. The maximum atomic E-state index is 11.1. The summed E-state index contributed by atoms with van der Waals surface area (Å²) in [6, 6.07) is 5.53. The van der Waals surface area contributed by atoms with Gasteiger partial charge >= 0.3 is 11.9 Å². The zero-order valence-corrected chi connectivity index (χ0v) is 12.0. The van der Waals surface area contributed by atoms with Crippen molar-refractivity contribution in [1.82, 2.24) is 4.98 Å². The summed E-state index contributed by atoms with van der Waals surface area (Å²) in [4.78, 5) is 15.0. The van der Waals surface area contributed by atoms with Crippen LogP contribution in [-0.4, -0.2) is 22.7 Å². The van der Waals surface area contributed by atoms with Gasteiger partial charge in [-0.2, -0.15) is 4.98 Å². The van der Waals surface area contributed by atoms with Crippen LogP contribution < -0.4 is 4.74 Å². The molecule has 6 heteroatoms. The van der Waals surface area contributed by atoms with Crippen LogP contribution in [0.5, 0.6) is 5.95 Å². The lowest BCUT2D eigenvalue weighted by atomic mass is 10.1. The quantitative estimate of drug-likeness (QED) is 0.931. The summed E-state index contributed by atoms with van der Waals surface area (Å²) in [5.74, 6) is -1.02. The predicted molar refractivity (Wildman–Crippen MR) is 72.5 cm³/mol. The number of aryl methyl sites for hydroxylation is 1. The third-order valence-corrected chi connectivity index (χ3v) is 3.35. The van der Waals surface area contributed by atoms with Gasteiger partial charge < -0.3 is 14.3 Å². The van der Waals surface area contributed by atoms with Crippen molar-refractivity contribution < 1.29 is 19.1 Å². The van der Waals surface area contributed by atoms with E-state index in [0.29, 0.717) is 12.2 Å². The van der Waals surface area contributed by atoms with Gasteiger partial charge in [-0.1, -0.05) is 22.0 Å². The van der Waals surface area contributed by atoms with Crippen LogP contribution in [0.3, 0.4) is 0 Å². The fourth-order valence-electron chi connectivity index (χ4n) is 1.52. The van der Waals surface area contributed by atoms with Crippen molar-refractivity contribution in [2.24, 2.45) is 0 Å². The molecule has 0 aliphatic carbocycles. The first-order valence-corrected chi connectivity index (χ1v) is 6.45. The molecule has 19 heavy (non-hydrogen) atoms. The predicted octanol–water partition coefficient (Wildman–Crippen LogP) is 3.51. The summed E-state index contributed by atoms with van der Waals surface area (Å²) in [6.07, 6.45) is 0. The highest BCUT2D eigenvalue weighted by molar-refractivity contribution is 9.10. The van der Waals surface area contributed by atoms with Gasteiger partial charge in [-0.25, -0.2) is 4.79 Å². The topological polar surface area (TPSA) is 72.6 Å². The average Bonchev–Trinajstić information content (AvgIpc) is 2.77. The Morgan fingerprint density at radius 3 is 2.84 bits per heavy atom. The van der Waals surface area contributed by atoms with Crippen molar-refractivity contribution in [3.8, 4) is 17.4 Å². The minimum Gasteiger partial charge on any atom is -0.476 e. The zero-order chi connectivity index (χ0) is 14.0. The standard InChI is InChI=1S/C13H12BrNO4/c1-3-18-13-10(12(16)17)15-11(19-13)8-5-4-7(2)9(14)6-8/h4-6H,3H2,1-2H3,(H,16,17). The molecule has 1 aromatic carbocycles. The molecule has 1 heterocycles.